The average Bonchev–Trinajstić information content (AvgIpc) is 3.44. The number of aromatic nitrogens is 4. The molecule has 1 aromatic carbocycles. The van der Waals surface area contributed by atoms with Crippen molar-refractivity contribution in [3.63, 3.8) is 0 Å². The summed E-state index contributed by atoms with van der Waals surface area (Å²) in [6.07, 6.45) is 8.69. The molecule has 3 atom stereocenters. The Morgan fingerprint density at radius 2 is 2.02 bits per heavy atom. The predicted octanol–water partition coefficient (Wildman–Crippen LogP) is 6.11. The van der Waals surface area contributed by atoms with Gasteiger partial charge in [0.05, 0.1) is 4.88 Å². The van der Waals surface area contributed by atoms with Crippen molar-refractivity contribution in [2.75, 3.05) is 5.32 Å². The second-order valence-electron chi connectivity index (χ2n) is 11.1. The normalized spacial score (nSPS) is 20.9. The fourth-order valence-electron chi connectivity index (χ4n) is 5.37. The smallest absolute Gasteiger partial charge is 0.227 e. The van der Waals surface area contributed by atoms with Crippen molar-refractivity contribution >= 4 is 28.9 Å². The third kappa shape index (κ3) is 6.37. The molecule has 0 aliphatic heterocycles. The number of amides is 1. The minimum absolute atomic E-state index is 0.0244. The summed E-state index contributed by atoms with van der Waals surface area (Å²) in [4.78, 5) is 31.7. The lowest BCUT2D eigenvalue weighted by molar-refractivity contribution is -0.131. The standard InChI is InChI=1S/C31H36N6O2S/c1-19(2)26-8-11-33-30(37-26)36-24-13-20(3)12-23(14-24)27-18-35-29(40-27)31(39)9-7-25(21(4)15-31)28(38)34-17-22-6-5-10-32-16-22/h5-6,8,10-14,16,18-19,21,25,39H,7,9,15,17H2,1-4H3,(H,34,38)(H,33,36,37). The van der Waals surface area contributed by atoms with Gasteiger partial charge in [-0.25, -0.2) is 15.0 Å². The largest absolute Gasteiger partial charge is 0.383 e. The summed E-state index contributed by atoms with van der Waals surface area (Å²) < 4.78 is 0. The average molecular weight is 557 g/mol. The number of nitrogens with one attached hydrogen (secondary N) is 2. The number of hydrogen-bond acceptors (Lipinski definition) is 8. The van der Waals surface area contributed by atoms with E-state index in [-0.39, 0.29) is 17.7 Å². The Hall–Kier alpha value is -3.69. The SMILES string of the molecule is Cc1cc(Nc2nccc(C(C)C)n2)cc(-c2cnc(C3(O)CCC(C(=O)NCc4cccnc4)C(C)C3)s2)c1. The van der Waals surface area contributed by atoms with Crippen LogP contribution in [0.5, 0.6) is 0 Å². The molecule has 3 aromatic heterocycles. The van der Waals surface area contributed by atoms with Gasteiger partial charge in [0.25, 0.3) is 0 Å². The molecular weight excluding hydrogens is 520 g/mol. The molecule has 9 heteroatoms. The molecule has 0 saturated heterocycles. The molecule has 4 aromatic rings. The zero-order valence-corrected chi connectivity index (χ0v) is 24.2. The first kappa shape index (κ1) is 27.9. The van der Waals surface area contributed by atoms with Crippen LogP contribution in [-0.2, 0) is 16.9 Å². The molecular formula is C31H36N6O2S. The van der Waals surface area contributed by atoms with E-state index in [1.165, 1.54) is 11.3 Å². The highest BCUT2D eigenvalue weighted by molar-refractivity contribution is 7.15. The van der Waals surface area contributed by atoms with Gasteiger partial charge in [-0.15, -0.1) is 11.3 Å². The number of pyridine rings is 1. The molecule has 0 spiro atoms. The van der Waals surface area contributed by atoms with Gasteiger partial charge in [-0.3, -0.25) is 9.78 Å². The summed E-state index contributed by atoms with van der Waals surface area (Å²) in [6.45, 7) is 8.77. The number of thiazole rings is 1. The lowest BCUT2D eigenvalue weighted by Gasteiger charge is -2.38. The van der Waals surface area contributed by atoms with Crippen LogP contribution in [-0.4, -0.2) is 30.9 Å². The van der Waals surface area contributed by atoms with Crippen LogP contribution < -0.4 is 10.6 Å². The summed E-state index contributed by atoms with van der Waals surface area (Å²) in [6, 6.07) is 12.0. The van der Waals surface area contributed by atoms with Crippen LogP contribution in [0.25, 0.3) is 10.4 Å². The summed E-state index contributed by atoms with van der Waals surface area (Å²) in [7, 11) is 0. The van der Waals surface area contributed by atoms with Crippen molar-refractivity contribution in [3.05, 3.63) is 83.0 Å². The molecule has 3 heterocycles. The highest BCUT2D eigenvalue weighted by Crippen LogP contribution is 2.45. The summed E-state index contributed by atoms with van der Waals surface area (Å²) in [5.74, 6) is 0.796. The van der Waals surface area contributed by atoms with Crippen LogP contribution in [0.4, 0.5) is 11.6 Å². The first-order valence-electron chi connectivity index (χ1n) is 13.8. The van der Waals surface area contributed by atoms with E-state index >= 15 is 0 Å². The highest BCUT2D eigenvalue weighted by Gasteiger charge is 2.43. The number of anilines is 2. The summed E-state index contributed by atoms with van der Waals surface area (Å²) >= 11 is 1.51. The molecule has 40 heavy (non-hydrogen) atoms. The van der Waals surface area contributed by atoms with Gasteiger partial charge in [0.2, 0.25) is 11.9 Å². The third-order valence-electron chi connectivity index (χ3n) is 7.53. The number of rotatable bonds is 8. The number of benzene rings is 1. The van der Waals surface area contributed by atoms with E-state index in [0.717, 1.165) is 32.9 Å². The molecule has 1 aliphatic carbocycles. The maximum atomic E-state index is 12.9. The molecule has 0 radical (unpaired) electrons. The number of nitrogens with zero attached hydrogens (tertiary/aromatic N) is 4. The van der Waals surface area contributed by atoms with Crippen LogP contribution in [0.15, 0.2) is 61.2 Å². The van der Waals surface area contributed by atoms with Crippen molar-refractivity contribution in [2.24, 2.45) is 11.8 Å². The topological polar surface area (TPSA) is 113 Å². The Morgan fingerprint density at radius 3 is 2.77 bits per heavy atom. The minimum atomic E-state index is -1.04. The monoisotopic (exact) mass is 556 g/mol. The van der Waals surface area contributed by atoms with Crippen molar-refractivity contribution in [2.45, 2.75) is 65.0 Å². The van der Waals surface area contributed by atoms with Gasteiger partial charge in [-0.05, 0) is 79.0 Å². The van der Waals surface area contributed by atoms with Gasteiger partial charge in [0, 0.05) is 48.6 Å². The van der Waals surface area contributed by atoms with E-state index in [4.69, 9.17) is 0 Å². The van der Waals surface area contributed by atoms with E-state index in [1.54, 1.807) is 18.6 Å². The Bertz CT molecular complexity index is 1470. The van der Waals surface area contributed by atoms with Gasteiger partial charge in [-0.1, -0.05) is 32.9 Å². The van der Waals surface area contributed by atoms with Crippen LogP contribution in [0, 0.1) is 18.8 Å². The van der Waals surface area contributed by atoms with Crippen LogP contribution in [0.2, 0.25) is 0 Å². The van der Waals surface area contributed by atoms with E-state index in [1.807, 2.05) is 31.3 Å². The third-order valence-corrected chi connectivity index (χ3v) is 8.77. The van der Waals surface area contributed by atoms with E-state index < -0.39 is 5.60 Å². The molecule has 1 amide bonds. The minimum Gasteiger partial charge on any atom is -0.383 e. The van der Waals surface area contributed by atoms with Crippen LogP contribution in [0.3, 0.4) is 0 Å². The molecule has 8 nitrogen and oxygen atoms in total. The fourth-order valence-corrected chi connectivity index (χ4v) is 6.40. The van der Waals surface area contributed by atoms with E-state index in [9.17, 15) is 9.90 Å². The zero-order chi connectivity index (χ0) is 28.3. The second-order valence-corrected chi connectivity index (χ2v) is 12.2. The van der Waals surface area contributed by atoms with Gasteiger partial charge in [0.1, 0.15) is 10.6 Å². The van der Waals surface area contributed by atoms with Crippen molar-refractivity contribution in [1.29, 1.82) is 0 Å². The molecule has 3 unspecified atom stereocenters. The first-order chi connectivity index (χ1) is 19.2. The maximum absolute atomic E-state index is 12.9. The van der Waals surface area contributed by atoms with Crippen molar-refractivity contribution in [1.82, 2.24) is 25.3 Å². The summed E-state index contributed by atoms with van der Waals surface area (Å²) in [5.41, 5.74) is 3.93. The van der Waals surface area contributed by atoms with Gasteiger partial charge in [-0.2, -0.15) is 0 Å². The quantitative estimate of drug-likeness (QED) is 0.240. The lowest BCUT2D eigenvalue weighted by Crippen LogP contribution is -2.42. The fraction of sp³-hybridized carbons (Fsp3) is 0.387. The molecule has 5 rings (SSSR count). The molecule has 1 saturated carbocycles. The van der Waals surface area contributed by atoms with Crippen LogP contribution in [0.1, 0.15) is 67.8 Å². The number of hydrogen-bond donors (Lipinski definition) is 3. The summed E-state index contributed by atoms with van der Waals surface area (Å²) in [5, 5.41) is 18.7. The van der Waals surface area contributed by atoms with Gasteiger partial charge in [0.15, 0.2) is 0 Å². The Morgan fingerprint density at radius 1 is 1.18 bits per heavy atom. The van der Waals surface area contributed by atoms with E-state index in [0.29, 0.717) is 42.7 Å². The molecule has 3 N–H and O–H groups in total. The number of carbonyl (C=O) groups is 1. The van der Waals surface area contributed by atoms with Gasteiger partial charge < -0.3 is 15.7 Å². The van der Waals surface area contributed by atoms with Crippen LogP contribution >= 0.6 is 11.3 Å². The molecule has 0 bridgehead atoms. The Balaban J connectivity index is 1.27. The van der Waals surface area contributed by atoms with Crippen molar-refractivity contribution < 1.29 is 9.90 Å². The van der Waals surface area contributed by atoms with Crippen molar-refractivity contribution in [3.8, 4) is 10.4 Å². The second kappa shape index (κ2) is 11.8. The maximum Gasteiger partial charge on any atom is 0.227 e. The molecule has 1 fully saturated rings. The van der Waals surface area contributed by atoms with E-state index in [2.05, 4.69) is 69.5 Å². The highest BCUT2D eigenvalue weighted by atomic mass is 32.1. The first-order valence-corrected chi connectivity index (χ1v) is 14.6. The number of aryl methyl sites for hydroxylation is 1. The molecule has 1 aliphatic rings. The number of aliphatic hydroxyl groups is 1. The van der Waals surface area contributed by atoms with Gasteiger partial charge >= 0.3 is 0 Å². The molecule has 208 valence electrons. The Labute approximate surface area is 239 Å². The number of carbonyl (C=O) groups excluding carboxylic acids is 1. The predicted molar refractivity (Wildman–Crippen MR) is 158 cm³/mol. The zero-order valence-electron chi connectivity index (χ0n) is 23.4. The lowest BCUT2D eigenvalue weighted by atomic mass is 9.72. The Kier molecular flexibility index (Phi) is 8.23.